The monoisotopic (exact) mass is 787 g/mol. The topological polar surface area (TPSA) is 66.5 Å². The summed E-state index contributed by atoms with van der Waals surface area (Å²) in [4.78, 5) is 16.4. The Bertz CT molecular complexity index is 1900. The zero-order valence-electron chi connectivity index (χ0n) is 35.7. The number of benzene rings is 1. The molecular weight excluding hydrogens is 716 g/mol. The van der Waals surface area contributed by atoms with Crippen molar-refractivity contribution in [2.75, 3.05) is 44.4 Å². The Morgan fingerprint density at radius 2 is 1.61 bits per heavy atom. The molecule has 1 N–H and O–H groups in total. The van der Waals surface area contributed by atoms with E-state index in [1.807, 2.05) is 6.07 Å². The molecule has 8 atom stereocenters. The van der Waals surface area contributed by atoms with Crippen LogP contribution in [0.15, 0.2) is 64.8 Å². The highest BCUT2D eigenvalue weighted by Crippen LogP contribution is 2.76. The maximum Gasteiger partial charge on any atom is 0.161 e. The number of hydrogen-bond acceptors (Lipinski definition) is 5. The first kappa shape index (κ1) is 40.7. The molecule has 308 valence electrons. The molecule has 1 aliphatic heterocycles. The Labute approximate surface area is 338 Å². The van der Waals surface area contributed by atoms with Crippen LogP contribution in [-0.4, -0.2) is 69.0 Å². The van der Waals surface area contributed by atoms with Gasteiger partial charge in [-0.25, -0.2) is 8.42 Å². The molecule has 7 heteroatoms. The maximum absolute atomic E-state index is 14.8. The van der Waals surface area contributed by atoms with E-state index < -0.39 is 9.84 Å². The van der Waals surface area contributed by atoms with Crippen LogP contribution in [-0.2, 0) is 21.1 Å². The zero-order valence-corrected chi connectivity index (χ0v) is 36.6. The highest BCUT2D eigenvalue weighted by molar-refractivity contribution is 7.91. The molecule has 1 aromatic rings. The SMILES string of the molecule is CC(C)C1=C2[C@H]3CC[C@@H]4[C@@]5(C)CC=C(C6=CC[C@](CF)(Cc7ccccc7)CC6)C(C)(C)[C@@H]5CC[C@@]4(C)[C@]3(C)CC[C@@]2(NCCN2CCS(=O)(=O)CC2)CC1=O. The number of hydrogen-bond donors (Lipinski definition) is 1. The second kappa shape index (κ2) is 14.3. The van der Waals surface area contributed by atoms with Crippen molar-refractivity contribution in [3.63, 3.8) is 0 Å². The molecule has 8 rings (SSSR count). The zero-order chi connectivity index (χ0) is 39.9. The first-order valence-electron chi connectivity index (χ1n) is 22.4. The van der Waals surface area contributed by atoms with Gasteiger partial charge in [0, 0.05) is 43.6 Å². The lowest BCUT2D eigenvalue weighted by Gasteiger charge is -2.71. The van der Waals surface area contributed by atoms with Gasteiger partial charge in [-0.3, -0.25) is 9.18 Å². The number of alkyl halides is 1. The molecule has 0 amide bonds. The van der Waals surface area contributed by atoms with Gasteiger partial charge in [-0.05, 0) is 144 Å². The molecule has 0 bridgehead atoms. The maximum atomic E-state index is 14.8. The van der Waals surface area contributed by atoms with Crippen molar-refractivity contribution in [1.29, 1.82) is 0 Å². The fraction of sp³-hybridized carbons (Fsp3) is 0.735. The minimum absolute atomic E-state index is 0.0580. The van der Waals surface area contributed by atoms with Crippen molar-refractivity contribution in [3.8, 4) is 0 Å². The quantitative estimate of drug-likeness (QED) is 0.270. The number of Topliss-reactive ketones (excluding diaryl/α,β-unsaturated/α-hetero) is 1. The summed E-state index contributed by atoms with van der Waals surface area (Å²) in [5.74, 6) is 2.68. The lowest BCUT2D eigenvalue weighted by molar-refractivity contribution is -0.196. The summed E-state index contributed by atoms with van der Waals surface area (Å²) >= 11 is 0. The van der Waals surface area contributed by atoms with E-state index in [9.17, 15) is 17.6 Å². The van der Waals surface area contributed by atoms with Crippen molar-refractivity contribution in [2.24, 2.45) is 50.7 Å². The van der Waals surface area contributed by atoms with Gasteiger partial charge in [-0.15, -0.1) is 0 Å². The number of carbonyl (C=O) groups is 1. The average Bonchev–Trinajstić information content (AvgIpc) is 3.45. The van der Waals surface area contributed by atoms with Gasteiger partial charge in [0.05, 0.1) is 18.2 Å². The Morgan fingerprint density at radius 3 is 2.27 bits per heavy atom. The third-order valence-corrected chi connectivity index (χ3v) is 19.7. The van der Waals surface area contributed by atoms with Crippen molar-refractivity contribution in [1.82, 2.24) is 10.2 Å². The number of nitrogens with zero attached hydrogens (tertiary/aromatic N) is 1. The number of halogens is 1. The number of allylic oxidation sites excluding steroid dienone is 5. The minimum Gasteiger partial charge on any atom is -0.306 e. The van der Waals surface area contributed by atoms with Crippen LogP contribution in [0.2, 0.25) is 0 Å². The average molecular weight is 787 g/mol. The van der Waals surface area contributed by atoms with E-state index in [1.165, 1.54) is 36.0 Å². The third kappa shape index (κ3) is 6.41. The summed E-state index contributed by atoms with van der Waals surface area (Å²) in [6.07, 6.45) is 17.3. The largest absolute Gasteiger partial charge is 0.306 e. The molecule has 0 radical (unpaired) electrons. The third-order valence-electron chi connectivity index (χ3n) is 18.1. The first-order valence-corrected chi connectivity index (χ1v) is 24.2. The van der Waals surface area contributed by atoms with Gasteiger partial charge in [-0.2, -0.15) is 0 Å². The molecule has 0 aromatic heterocycles. The van der Waals surface area contributed by atoms with E-state index in [1.54, 1.807) is 5.57 Å². The van der Waals surface area contributed by atoms with Crippen LogP contribution >= 0.6 is 0 Å². The number of rotatable bonds is 9. The van der Waals surface area contributed by atoms with Crippen LogP contribution in [0.4, 0.5) is 4.39 Å². The molecule has 1 heterocycles. The van der Waals surface area contributed by atoms with Crippen LogP contribution in [0.1, 0.15) is 125 Å². The van der Waals surface area contributed by atoms with Crippen LogP contribution in [0.3, 0.4) is 0 Å². The van der Waals surface area contributed by atoms with Gasteiger partial charge in [0.2, 0.25) is 0 Å². The molecule has 0 spiro atoms. The summed E-state index contributed by atoms with van der Waals surface area (Å²) in [7, 11) is -2.91. The number of nitrogens with one attached hydrogen (secondary N) is 1. The van der Waals surface area contributed by atoms with Gasteiger partial charge in [0.15, 0.2) is 15.6 Å². The fourth-order valence-corrected chi connectivity index (χ4v) is 16.2. The molecule has 6 aliphatic carbocycles. The van der Waals surface area contributed by atoms with E-state index in [-0.39, 0.29) is 56.7 Å². The van der Waals surface area contributed by atoms with Crippen LogP contribution in [0, 0.1) is 50.7 Å². The highest BCUT2D eigenvalue weighted by atomic mass is 32.2. The van der Waals surface area contributed by atoms with Crippen molar-refractivity contribution >= 4 is 15.6 Å². The fourth-order valence-electron chi connectivity index (χ4n) is 15.0. The molecular formula is C49H71FN2O3S. The molecule has 4 fully saturated rings. The molecule has 1 saturated heterocycles. The van der Waals surface area contributed by atoms with Crippen molar-refractivity contribution < 1.29 is 17.6 Å². The van der Waals surface area contributed by atoms with Crippen LogP contribution in [0.25, 0.3) is 0 Å². The lowest BCUT2D eigenvalue weighted by Crippen LogP contribution is -2.66. The van der Waals surface area contributed by atoms with E-state index in [0.717, 1.165) is 70.0 Å². The number of sulfone groups is 1. The standard InChI is InChI=1S/C49H71FN2O3S/c1-34(2)42-39(53)32-49(51-25-26-52-27-29-56(54,55)30-28-52)24-23-46(6)38(43(42)49)13-14-41-45(5)19-17-37(44(3,4)40(45)18-20-47(41,46)7)36-15-21-48(33-50,22-16-36)31-35-11-9-8-10-12-35/h8-12,15,17,34,38,40-41,51H,13-14,16,18-33H2,1-7H3/t38-,40+,41-,45+,46-,47-,48-,49-/m1/s1. The second-order valence-corrected chi connectivity index (χ2v) is 23.8. The molecule has 7 aliphatic rings. The Kier molecular flexibility index (Phi) is 10.4. The number of carbonyl (C=O) groups excluding carboxylic acids is 1. The smallest absolute Gasteiger partial charge is 0.161 e. The molecule has 5 nitrogen and oxygen atoms in total. The van der Waals surface area contributed by atoms with Gasteiger partial charge in [-0.1, -0.05) is 91.0 Å². The predicted molar refractivity (Wildman–Crippen MR) is 227 cm³/mol. The van der Waals surface area contributed by atoms with Gasteiger partial charge in [0.25, 0.3) is 0 Å². The van der Waals surface area contributed by atoms with Crippen LogP contribution in [0.5, 0.6) is 0 Å². The van der Waals surface area contributed by atoms with Crippen molar-refractivity contribution in [2.45, 2.75) is 131 Å². The minimum atomic E-state index is -2.91. The van der Waals surface area contributed by atoms with E-state index >= 15 is 0 Å². The van der Waals surface area contributed by atoms with Gasteiger partial charge < -0.3 is 10.2 Å². The number of fused-ring (bicyclic) bond motifs is 7. The lowest BCUT2D eigenvalue weighted by atomic mass is 9.33. The second-order valence-electron chi connectivity index (χ2n) is 21.5. The van der Waals surface area contributed by atoms with Crippen molar-refractivity contribution in [3.05, 3.63) is 70.3 Å². The normalized spacial score (nSPS) is 40.7. The summed E-state index contributed by atoms with van der Waals surface area (Å²) < 4.78 is 38.9. The van der Waals surface area contributed by atoms with E-state index in [2.05, 4.69) is 95.1 Å². The van der Waals surface area contributed by atoms with E-state index in [4.69, 9.17) is 0 Å². The molecule has 3 saturated carbocycles. The summed E-state index contributed by atoms with van der Waals surface area (Å²) in [6.45, 7) is 20.0. The van der Waals surface area contributed by atoms with Gasteiger partial charge in [0.1, 0.15) is 0 Å². The van der Waals surface area contributed by atoms with E-state index in [0.29, 0.717) is 43.0 Å². The summed E-state index contributed by atoms with van der Waals surface area (Å²) in [5, 5.41) is 4.03. The predicted octanol–water partition coefficient (Wildman–Crippen LogP) is 9.88. The Morgan fingerprint density at radius 1 is 0.875 bits per heavy atom. The molecule has 1 aromatic carbocycles. The van der Waals surface area contributed by atoms with Crippen LogP contribution < -0.4 is 5.32 Å². The Balaban J connectivity index is 1.04. The molecule has 0 unspecified atom stereocenters. The first-order chi connectivity index (χ1) is 26.4. The summed E-state index contributed by atoms with van der Waals surface area (Å²) in [6, 6.07) is 10.5. The Hall–Kier alpha value is -2.09. The van der Waals surface area contributed by atoms with Gasteiger partial charge >= 0.3 is 0 Å². The molecule has 56 heavy (non-hydrogen) atoms. The summed E-state index contributed by atoms with van der Waals surface area (Å²) in [5.41, 5.74) is 6.85. The highest BCUT2D eigenvalue weighted by Gasteiger charge is 2.69. The number of ketones is 1.